The van der Waals surface area contributed by atoms with Gasteiger partial charge in [0.2, 0.25) is 0 Å². The van der Waals surface area contributed by atoms with Gasteiger partial charge >= 0.3 is 12.1 Å². The minimum Gasteiger partial charge on any atom is -0.508 e. The molecule has 0 bridgehead atoms. The Morgan fingerprint density at radius 3 is 2.16 bits per heavy atom. The van der Waals surface area contributed by atoms with Crippen molar-refractivity contribution in [3.63, 3.8) is 0 Å². The van der Waals surface area contributed by atoms with E-state index in [1.165, 1.54) is 16.2 Å². The summed E-state index contributed by atoms with van der Waals surface area (Å²) >= 11 is 0. The Labute approximate surface area is 259 Å². The minimum atomic E-state index is -0.461. The van der Waals surface area contributed by atoms with Crippen LogP contribution in [0.25, 0.3) is 17.1 Å². The summed E-state index contributed by atoms with van der Waals surface area (Å²) in [5, 5.41) is 39.4. The number of piperazine rings is 1. The number of ether oxygens (including phenoxy) is 1. The minimum absolute atomic E-state index is 0.0161. The Morgan fingerprint density at radius 2 is 1.55 bits per heavy atom. The number of aromatic nitrogens is 3. The van der Waals surface area contributed by atoms with E-state index < -0.39 is 5.60 Å². The third-order valence-electron chi connectivity index (χ3n) is 8.50. The van der Waals surface area contributed by atoms with Crippen molar-refractivity contribution in [3.05, 3.63) is 47.5 Å². The largest absolute Gasteiger partial charge is 0.508 e. The molecule has 0 aliphatic carbocycles. The number of piperidine rings is 1. The fourth-order valence-corrected chi connectivity index (χ4v) is 6.05. The van der Waals surface area contributed by atoms with E-state index in [-0.39, 0.29) is 29.5 Å². The number of phenols is 2. The van der Waals surface area contributed by atoms with E-state index in [4.69, 9.17) is 4.74 Å². The maximum Gasteiger partial charge on any atom is 0.410 e. The van der Waals surface area contributed by atoms with Gasteiger partial charge in [0.1, 0.15) is 17.1 Å². The molecule has 0 atom stereocenters. The van der Waals surface area contributed by atoms with Crippen LogP contribution in [0.5, 0.6) is 17.5 Å². The SMILES string of the molecule is CC(C)c1cc(-c2nnc(O)n2-c2ccc(CN3CCN(CC4CCN(C(=O)OC(C)(C)C)CC4)CC3)cc2)c(O)cc1O. The molecule has 0 radical (unpaired) electrons. The summed E-state index contributed by atoms with van der Waals surface area (Å²) < 4.78 is 7.03. The number of carbonyl (C=O) groups excluding carboxylic acids is 1. The molecular formula is C33H46N6O5. The van der Waals surface area contributed by atoms with Gasteiger partial charge in [-0.25, -0.2) is 9.36 Å². The molecule has 3 aromatic rings. The van der Waals surface area contributed by atoms with Gasteiger partial charge in [0, 0.05) is 58.4 Å². The third kappa shape index (κ3) is 7.44. The lowest BCUT2D eigenvalue weighted by atomic mass is 9.96. The average Bonchev–Trinajstić information content (AvgIpc) is 3.34. The highest BCUT2D eigenvalue weighted by Crippen LogP contribution is 2.38. The predicted molar refractivity (Wildman–Crippen MR) is 168 cm³/mol. The number of aromatic hydroxyl groups is 3. The first kappa shape index (κ1) is 31.6. The fourth-order valence-electron chi connectivity index (χ4n) is 6.05. The van der Waals surface area contributed by atoms with Crippen molar-refractivity contribution in [3.8, 4) is 34.6 Å². The van der Waals surface area contributed by atoms with Gasteiger partial charge in [0.05, 0.1) is 11.3 Å². The normalized spacial score (nSPS) is 17.4. The van der Waals surface area contributed by atoms with Crippen molar-refractivity contribution in [1.82, 2.24) is 29.5 Å². The van der Waals surface area contributed by atoms with Crippen LogP contribution in [-0.4, -0.2) is 102 Å². The van der Waals surface area contributed by atoms with E-state index in [1.54, 1.807) is 6.07 Å². The van der Waals surface area contributed by atoms with Gasteiger partial charge in [-0.3, -0.25) is 4.90 Å². The molecule has 5 rings (SSSR count). The number of nitrogens with zero attached hydrogens (tertiary/aromatic N) is 6. The molecule has 0 spiro atoms. The predicted octanol–water partition coefficient (Wildman–Crippen LogP) is 4.94. The number of hydrogen-bond acceptors (Lipinski definition) is 9. The molecule has 44 heavy (non-hydrogen) atoms. The molecule has 2 aliphatic heterocycles. The van der Waals surface area contributed by atoms with Crippen LogP contribution >= 0.6 is 0 Å². The zero-order valence-electron chi connectivity index (χ0n) is 26.5. The summed E-state index contributed by atoms with van der Waals surface area (Å²) in [5.74, 6) is 0.808. The number of benzene rings is 2. The summed E-state index contributed by atoms with van der Waals surface area (Å²) in [5.41, 5.74) is 2.44. The number of carbonyl (C=O) groups is 1. The molecule has 0 unspecified atom stereocenters. The summed E-state index contributed by atoms with van der Waals surface area (Å²) in [7, 11) is 0. The summed E-state index contributed by atoms with van der Waals surface area (Å²) in [6, 6.07) is 10.6. The van der Waals surface area contributed by atoms with Gasteiger partial charge in [-0.2, -0.15) is 0 Å². The molecule has 2 fully saturated rings. The second kappa shape index (κ2) is 13.0. The van der Waals surface area contributed by atoms with Crippen molar-refractivity contribution in [2.45, 2.75) is 65.5 Å². The third-order valence-corrected chi connectivity index (χ3v) is 8.50. The number of phenolic OH excluding ortho intramolecular Hbond substituents is 2. The Morgan fingerprint density at radius 1 is 0.909 bits per heavy atom. The molecule has 11 heteroatoms. The molecule has 0 saturated carbocycles. The first-order valence-corrected chi connectivity index (χ1v) is 15.6. The second-order valence-electron chi connectivity index (χ2n) is 13.4. The molecule has 3 N–H and O–H groups in total. The second-order valence-corrected chi connectivity index (χ2v) is 13.4. The molecule has 238 valence electrons. The van der Waals surface area contributed by atoms with Gasteiger partial charge in [-0.1, -0.05) is 31.1 Å². The lowest BCUT2D eigenvalue weighted by Crippen LogP contribution is -2.49. The van der Waals surface area contributed by atoms with E-state index in [9.17, 15) is 20.1 Å². The van der Waals surface area contributed by atoms with Crippen molar-refractivity contribution < 1.29 is 24.9 Å². The van der Waals surface area contributed by atoms with Crippen molar-refractivity contribution >= 4 is 6.09 Å². The van der Waals surface area contributed by atoms with Gasteiger partial charge in [0.25, 0.3) is 0 Å². The highest BCUT2D eigenvalue weighted by atomic mass is 16.6. The Hall–Kier alpha value is -3.83. The molecule has 3 heterocycles. The van der Waals surface area contributed by atoms with Crippen molar-refractivity contribution in [1.29, 1.82) is 0 Å². The molecule has 1 aromatic heterocycles. The Bertz CT molecular complexity index is 1430. The van der Waals surface area contributed by atoms with Crippen LogP contribution in [0.1, 0.15) is 64.5 Å². The summed E-state index contributed by atoms with van der Waals surface area (Å²) in [6.45, 7) is 17.1. The molecule has 2 aliphatic rings. The average molecular weight is 607 g/mol. The Kier molecular flexibility index (Phi) is 9.36. The highest BCUT2D eigenvalue weighted by Gasteiger charge is 2.29. The lowest BCUT2D eigenvalue weighted by Gasteiger charge is -2.39. The van der Waals surface area contributed by atoms with Crippen LogP contribution in [-0.2, 0) is 11.3 Å². The summed E-state index contributed by atoms with van der Waals surface area (Å²) in [4.78, 5) is 19.2. The van der Waals surface area contributed by atoms with Gasteiger partial charge < -0.3 is 29.9 Å². The standard InChI is InChI=1S/C33H46N6O5/c1-22(2)26-18-27(29(41)19-28(26)40)30-34-35-31(42)39(30)25-8-6-23(7-9-25)20-36-14-16-37(17-15-36)21-24-10-12-38(13-11-24)32(43)44-33(3,4)5/h6-9,18-19,22,24,40-41H,10-17,20-21H2,1-5H3,(H,35,42). The topological polar surface area (TPSA) is 127 Å². The van der Waals surface area contributed by atoms with Gasteiger partial charge in [-0.05, 0) is 74.8 Å². The summed E-state index contributed by atoms with van der Waals surface area (Å²) in [6.07, 6.45) is 1.83. The van der Waals surface area contributed by atoms with Crippen LogP contribution in [0.2, 0.25) is 0 Å². The number of amides is 1. The maximum absolute atomic E-state index is 12.4. The fraction of sp³-hybridized carbons (Fsp3) is 0.545. The van der Waals surface area contributed by atoms with E-state index >= 15 is 0 Å². The van der Waals surface area contributed by atoms with Gasteiger partial charge in [-0.15, -0.1) is 5.10 Å². The first-order valence-electron chi connectivity index (χ1n) is 15.6. The zero-order valence-corrected chi connectivity index (χ0v) is 26.5. The maximum atomic E-state index is 12.4. The van der Waals surface area contributed by atoms with Gasteiger partial charge in [0.15, 0.2) is 5.82 Å². The smallest absolute Gasteiger partial charge is 0.410 e. The Balaban J connectivity index is 1.14. The molecule has 2 aromatic carbocycles. The van der Waals surface area contributed by atoms with E-state index in [0.717, 1.165) is 65.2 Å². The molecule has 2 saturated heterocycles. The van der Waals surface area contributed by atoms with Crippen molar-refractivity contribution in [2.24, 2.45) is 5.92 Å². The number of rotatable bonds is 7. The van der Waals surface area contributed by atoms with Crippen molar-refractivity contribution in [2.75, 3.05) is 45.8 Å². The number of hydrogen-bond donors (Lipinski definition) is 3. The van der Waals surface area contributed by atoms with Crippen LogP contribution in [0.15, 0.2) is 36.4 Å². The van der Waals surface area contributed by atoms with E-state index in [0.29, 0.717) is 28.6 Å². The molecular weight excluding hydrogens is 560 g/mol. The van der Waals surface area contributed by atoms with E-state index in [2.05, 4.69) is 20.0 Å². The van der Waals surface area contributed by atoms with Crippen LogP contribution in [0.4, 0.5) is 4.79 Å². The molecule has 11 nitrogen and oxygen atoms in total. The van der Waals surface area contributed by atoms with Crippen LogP contribution < -0.4 is 0 Å². The van der Waals surface area contributed by atoms with E-state index in [1.807, 2.05) is 63.8 Å². The zero-order chi connectivity index (χ0) is 31.6. The quantitative estimate of drug-likeness (QED) is 0.343. The number of likely N-dealkylation sites (tertiary alicyclic amines) is 1. The monoisotopic (exact) mass is 606 g/mol. The molecule has 1 amide bonds. The highest BCUT2D eigenvalue weighted by molar-refractivity contribution is 5.70. The van der Waals surface area contributed by atoms with Crippen LogP contribution in [0, 0.1) is 5.92 Å². The first-order chi connectivity index (χ1) is 20.9. The van der Waals surface area contributed by atoms with Crippen LogP contribution in [0.3, 0.4) is 0 Å². The lowest BCUT2D eigenvalue weighted by molar-refractivity contribution is 0.0159.